The number of carboxylic acids is 1. The highest BCUT2D eigenvalue weighted by Crippen LogP contribution is 2.23. The van der Waals surface area contributed by atoms with Crippen molar-refractivity contribution >= 4 is 52.9 Å². The molecule has 5 aromatic rings. The van der Waals surface area contributed by atoms with E-state index in [1.54, 1.807) is 66.7 Å². The van der Waals surface area contributed by atoms with Gasteiger partial charge in [-0.05, 0) is 77.4 Å². The third kappa shape index (κ3) is 8.81. The van der Waals surface area contributed by atoms with E-state index in [2.05, 4.69) is 16.0 Å². The van der Waals surface area contributed by atoms with Crippen molar-refractivity contribution in [1.29, 1.82) is 0 Å². The molecule has 0 atom stereocenters. The van der Waals surface area contributed by atoms with Crippen LogP contribution in [0.4, 0.5) is 11.4 Å². The van der Waals surface area contributed by atoms with Crippen molar-refractivity contribution in [1.82, 2.24) is 5.32 Å². The van der Waals surface area contributed by atoms with Gasteiger partial charge in [-0.3, -0.25) is 14.4 Å². The number of aromatic carboxylic acids is 1. The van der Waals surface area contributed by atoms with Crippen LogP contribution in [0.3, 0.4) is 0 Å². The molecule has 0 fully saturated rings. The molecule has 3 amide bonds. The molecular weight excluding hydrogens is 598 g/mol. The summed E-state index contributed by atoms with van der Waals surface area (Å²) < 4.78 is 0. The second-order valence-corrected chi connectivity index (χ2v) is 11.1. The minimum Gasteiger partial charge on any atom is -0.478 e. The lowest BCUT2D eigenvalue weighted by Gasteiger charge is -2.12. The van der Waals surface area contributed by atoms with Crippen molar-refractivity contribution in [2.45, 2.75) is 4.90 Å². The van der Waals surface area contributed by atoms with Crippen LogP contribution in [0.25, 0.3) is 17.2 Å². The number of rotatable bonds is 11. The Morgan fingerprint density at radius 3 is 1.93 bits per heavy atom. The van der Waals surface area contributed by atoms with Crippen molar-refractivity contribution in [3.05, 3.63) is 156 Å². The number of hydrogen-bond donors (Lipinski definition) is 4. The number of carbonyl (C=O) groups excluding carboxylic acids is 3. The maximum absolute atomic E-state index is 13.4. The van der Waals surface area contributed by atoms with Gasteiger partial charge in [0.25, 0.3) is 11.8 Å². The fourth-order valence-corrected chi connectivity index (χ4v) is 5.12. The standard InChI is InChI=1S/C37H29N3O5S/c41-34(38-31-13-7-12-29(23-31)37(44)45)24-46-32-20-18-30(19-21-32)39-36(43)33(40-35(42)28-10-5-2-6-11-28)22-25-14-16-27(17-15-25)26-8-3-1-4-9-26/h1-23H,24H2,(H,38,41)(H,39,43)(H,40,42)(H,44,45)/b33-22-. The van der Waals surface area contributed by atoms with E-state index in [1.165, 1.54) is 23.9 Å². The molecule has 228 valence electrons. The highest BCUT2D eigenvalue weighted by molar-refractivity contribution is 8.00. The number of anilines is 2. The zero-order valence-electron chi connectivity index (χ0n) is 24.5. The molecule has 0 heterocycles. The van der Waals surface area contributed by atoms with Crippen LogP contribution in [-0.4, -0.2) is 34.6 Å². The maximum Gasteiger partial charge on any atom is 0.335 e. The second-order valence-electron chi connectivity index (χ2n) is 10.1. The lowest BCUT2D eigenvalue weighted by atomic mass is 10.0. The number of benzene rings is 5. The van der Waals surface area contributed by atoms with Gasteiger partial charge in [0.2, 0.25) is 5.91 Å². The van der Waals surface area contributed by atoms with Crippen LogP contribution in [-0.2, 0) is 9.59 Å². The van der Waals surface area contributed by atoms with Gasteiger partial charge >= 0.3 is 5.97 Å². The predicted octanol–water partition coefficient (Wildman–Crippen LogP) is 7.19. The van der Waals surface area contributed by atoms with Crippen molar-refractivity contribution < 1.29 is 24.3 Å². The van der Waals surface area contributed by atoms with Crippen LogP contribution in [0.1, 0.15) is 26.3 Å². The van der Waals surface area contributed by atoms with Crippen LogP contribution in [0.5, 0.6) is 0 Å². The van der Waals surface area contributed by atoms with Crippen molar-refractivity contribution in [2.75, 3.05) is 16.4 Å². The van der Waals surface area contributed by atoms with Gasteiger partial charge in [-0.2, -0.15) is 0 Å². The first-order valence-corrected chi connectivity index (χ1v) is 15.2. The van der Waals surface area contributed by atoms with Crippen LogP contribution >= 0.6 is 11.8 Å². The smallest absolute Gasteiger partial charge is 0.335 e. The average molecular weight is 628 g/mol. The van der Waals surface area contributed by atoms with E-state index in [4.69, 9.17) is 5.11 Å². The van der Waals surface area contributed by atoms with Gasteiger partial charge < -0.3 is 21.1 Å². The Morgan fingerprint density at radius 1 is 0.630 bits per heavy atom. The van der Waals surface area contributed by atoms with Crippen molar-refractivity contribution in [3.63, 3.8) is 0 Å². The summed E-state index contributed by atoms with van der Waals surface area (Å²) in [6.07, 6.45) is 1.62. The van der Waals surface area contributed by atoms with Crippen LogP contribution in [0.15, 0.2) is 144 Å². The molecule has 0 aliphatic heterocycles. The molecule has 0 saturated heterocycles. The third-order valence-electron chi connectivity index (χ3n) is 6.73. The molecule has 46 heavy (non-hydrogen) atoms. The average Bonchev–Trinajstić information content (AvgIpc) is 3.09. The van der Waals surface area contributed by atoms with Gasteiger partial charge in [0.05, 0.1) is 11.3 Å². The summed E-state index contributed by atoms with van der Waals surface area (Å²) in [6.45, 7) is 0. The number of nitrogens with one attached hydrogen (secondary N) is 3. The van der Waals surface area contributed by atoms with Crippen molar-refractivity contribution in [2.24, 2.45) is 0 Å². The summed E-state index contributed by atoms with van der Waals surface area (Å²) in [5.41, 5.74) is 4.31. The zero-order valence-corrected chi connectivity index (χ0v) is 25.3. The highest BCUT2D eigenvalue weighted by Gasteiger charge is 2.15. The fourth-order valence-electron chi connectivity index (χ4n) is 4.42. The molecular formula is C37H29N3O5S. The number of thioether (sulfide) groups is 1. The first-order chi connectivity index (χ1) is 22.3. The number of hydrogen-bond acceptors (Lipinski definition) is 5. The molecule has 0 radical (unpaired) electrons. The molecule has 5 aromatic carbocycles. The zero-order chi connectivity index (χ0) is 32.3. The summed E-state index contributed by atoms with van der Waals surface area (Å²) in [7, 11) is 0. The van der Waals surface area contributed by atoms with Gasteiger partial charge in [-0.25, -0.2) is 4.79 Å². The van der Waals surface area contributed by atoms with E-state index >= 15 is 0 Å². The molecule has 0 aromatic heterocycles. The molecule has 9 heteroatoms. The van der Waals surface area contributed by atoms with Gasteiger partial charge in [0.15, 0.2) is 0 Å². The summed E-state index contributed by atoms with van der Waals surface area (Å²) in [5, 5.41) is 17.4. The number of carbonyl (C=O) groups is 4. The molecule has 0 aliphatic carbocycles. The monoisotopic (exact) mass is 627 g/mol. The van der Waals surface area contributed by atoms with E-state index < -0.39 is 17.8 Å². The predicted molar refractivity (Wildman–Crippen MR) is 182 cm³/mol. The Labute approximate surface area is 270 Å². The largest absolute Gasteiger partial charge is 0.478 e. The number of carboxylic acid groups (broad SMARTS) is 1. The molecule has 0 bridgehead atoms. The molecule has 0 saturated carbocycles. The molecule has 0 unspecified atom stereocenters. The Morgan fingerprint density at radius 2 is 1.26 bits per heavy atom. The van der Waals surface area contributed by atoms with E-state index in [-0.39, 0.29) is 22.9 Å². The Bertz CT molecular complexity index is 1870. The Kier molecular flexibility index (Phi) is 10.4. The minimum atomic E-state index is -1.07. The SMILES string of the molecule is O=C(CSc1ccc(NC(=O)/C(=C/c2ccc(-c3ccccc3)cc2)NC(=O)c2ccccc2)cc1)Nc1cccc(C(=O)O)c1. The fraction of sp³-hybridized carbons (Fsp3) is 0.0270. The van der Waals surface area contributed by atoms with E-state index in [0.29, 0.717) is 16.9 Å². The summed E-state index contributed by atoms with van der Waals surface area (Å²) >= 11 is 1.29. The molecule has 8 nitrogen and oxygen atoms in total. The highest BCUT2D eigenvalue weighted by atomic mass is 32.2. The first kappa shape index (κ1) is 31.5. The third-order valence-corrected chi connectivity index (χ3v) is 7.75. The summed E-state index contributed by atoms with van der Waals surface area (Å²) in [4.78, 5) is 50.8. The second kappa shape index (κ2) is 15.2. The van der Waals surface area contributed by atoms with E-state index in [0.717, 1.165) is 21.6 Å². The first-order valence-electron chi connectivity index (χ1n) is 14.2. The summed E-state index contributed by atoms with van der Waals surface area (Å²) in [6, 6.07) is 39.3. The molecule has 5 rings (SSSR count). The molecule has 0 aliphatic rings. The molecule has 4 N–H and O–H groups in total. The quantitative estimate of drug-likeness (QED) is 0.0908. The lowest BCUT2D eigenvalue weighted by molar-refractivity contribution is -0.114. The van der Waals surface area contributed by atoms with Gasteiger partial charge in [-0.15, -0.1) is 11.8 Å². The van der Waals surface area contributed by atoms with Crippen LogP contribution < -0.4 is 16.0 Å². The minimum absolute atomic E-state index is 0.0726. The van der Waals surface area contributed by atoms with Crippen molar-refractivity contribution in [3.8, 4) is 11.1 Å². The van der Waals surface area contributed by atoms with Gasteiger partial charge in [0, 0.05) is 21.8 Å². The van der Waals surface area contributed by atoms with Crippen LogP contribution in [0.2, 0.25) is 0 Å². The van der Waals surface area contributed by atoms with Gasteiger partial charge in [0.1, 0.15) is 5.70 Å². The van der Waals surface area contributed by atoms with E-state index in [1.807, 2.05) is 60.7 Å². The topological polar surface area (TPSA) is 125 Å². The Hall–Kier alpha value is -5.93. The Balaban J connectivity index is 1.25. The van der Waals surface area contributed by atoms with Gasteiger partial charge in [-0.1, -0.05) is 78.9 Å². The normalized spacial score (nSPS) is 10.9. The lowest BCUT2D eigenvalue weighted by Crippen LogP contribution is -2.30. The van der Waals surface area contributed by atoms with Crippen LogP contribution in [0, 0.1) is 0 Å². The number of amides is 3. The van der Waals surface area contributed by atoms with E-state index in [9.17, 15) is 19.2 Å². The summed E-state index contributed by atoms with van der Waals surface area (Å²) in [5.74, 6) is -2.17. The maximum atomic E-state index is 13.4. The molecule has 0 spiro atoms.